The molecular formula is C51H85O12P. The minimum atomic E-state index is -5.04. The molecule has 0 amide bonds. The van der Waals surface area contributed by atoms with Gasteiger partial charge in [-0.05, 0) is 89.9 Å². The molecule has 0 bridgehead atoms. The van der Waals surface area contributed by atoms with Gasteiger partial charge < -0.3 is 39.9 Å². The Labute approximate surface area is 385 Å². The average molecular weight is 921 g/mol. The van der Waals surface area contributed by atoms with Gasteiger partial charge in [-0.3, -0.25) is 13.8 Å². The molecule has 1 fully saturated rings. The molecule has 1 rings (SSSR count). The molecular weight excluding hydrogens is 836 g/mol. The molecule has 0 saturated heterocycles. The highest BCUT2D eigenvalue weighted by Gasteiger charge is 2.51. The van der Waals surface area contributed by atoms with Crippen molar-refractivity contribution in [1.82, 2.24) is 0 Å². The van der Waals surface area contributed by atoms with Gasteiger partial charge in [0.15, 0.2) is 0 Å². The lowest BCUT2D eigenvalue weighted by molar-refractivity contribution is -0.220. The van der Waals surface area contributed by atoms with Crippen LogP contribution in [0.5, 0.6) is 0 Å². The van der Waals surface area contributed by atoms with E-state index in [1.807, 2.05) is 0 Å². The summed E-state index contributed by atoms with van der Waals surface area (Å²) >= 11 is 0. The second kappa shape index (κ2) is 40.5. The summed E-state index contributed by atoms with van der Waals surface area (Å²) in [6, 6.07) is 0. The molecule has 0 aromatic rings. The molecule has 0 aliphatic heterocycles. The zero-order valence-corrected chi connectivity index (χ0v) is 39.9. The number of aliphatic hydroxyl groups excluding tert-OH is 5. The van der Waals surface area contributed by atoms with Crippen molar-refractivity contribution >= 4 is 13.8 Å². The average Bonchev–Trinajstić information content (AvgIpc) is 3.28. The van der Waals surface area contributed by atoms with E-state index in [0.29, 0.717) is 13.0 Å². The number of rotatable bonds is 39. The Hall–Kier alpha value is -2.74. The van der Waals surface area contributed by atoms with E-state index in [0.717, 1.165) is 109 Å². The molecule has 13 heteroatoms. The van der Waals surface area contributed by atoms with Crippen molar-refractivity contribution < 1.29 is 58.3 Å². The molecule has 64 heavy (non-hydrogen) atoms. The van der Waals surface area contributed by atoms with Gasteiger partial charge >= 0.3 is 13.8 Å². The highest BCUT2D eigenvalue weighted by Crippen LogP contribution is 2.47. The van der Waals surface area contributed by atoms with E-state index in [1.54, 1.807) is 0 Å². The molecule has 6 atom stereocenters. The Morgan fingerprint density at radius 1 is 0.500 bits per heavy atom. The fraction of sp³-hybridized carbons (Fsp3) is 0.667. The molecule has 0 radical (unpaired) electrons. The van der Waals surface area contributed by atoms with E-state index < -0.39 is 63.1 Å². The molecule has 1 aliphatic carbocycles. The Morgan fingerprint density at radius 2 is 0.875 bits per heavy atom. The van der Waals surface area contributed by atoms with Crippen molar-refractivity contribution in [2.45, 2.75) is 198 Å². The zero-order chi connectivity index (χ0) is 46.9. The maximum absolute atomic E-state index is 12.8. The molecule has 366 valence electrons. The van der Waals surface area contributed by atoms with Crippen LogP contribution in [0.3, 0.4) is 0 Å². The summed E-state index contributed by atoms with van der Waals surface area (Å²) in [6.07, 6.45) is 43.3. The van der Waals surface area contributed by atoms with E-state index in [-0.39, 0.29) is 13.0 Å². The largest absolute Gasteiger partial charge is 0.472 e. The van der Waals surface area contributed by atoms with Crippen LogP contribution in [0.1, 0.15) is 155 Å². The van der Waals surface area contributed by atoms with Gasteiger partial charge in [0.25, 0.3) is 0 Å². The standard InChI is InChI=1S/C51H85O12P/c1-3-5-7-9-11-13-15-17-19-21-22-23-24-25-26-28-30-32-34-36-38-40-45(52)62-44(43-61-64(58,59)63-51-49(56)47(54)46(53)48(55)50(51)57)42-60-41-39-37-35-33-31-29-27-20-18-16-14-12-10-8-6-4-2/h5-8,11-14,17-20,22-23,29,31,44,46-51,53-57H,3-4,9-10,15-16,21,24-28,30,32-43H2,1-2H3,(H,58,59)/b7-5-,8-6-,13-11-,14-12-,19-17-,20-18-,23-22-,31-29-. The summed E-state index contributed by atoms with van der Waals surface area (Å²) in [5.74, 6) is -0.502. The first-order chi connectivity index (χ1) is 31.0. The van der Waals surface area contributed by atoms with E-state index in [9.17, 15) is 39.8 Å². The number of aliphatic hydroxyl groups is 5. The van der Waals surface area contributed by atoms with Gasteiger partial charge in [0, 0.05) is 13.0 Å². The number of esters is 1. The van der Waals surface area contributed by atoms with Crippen LogP contribution in [0.25, 0.3) is 0 Å². The van der Waals surface area contributed by atoms with Gasteiger partial charge in [0.05, 0.1) is 13.2 Å². The molecule has 6 unspecified atom stereocenters. The van der Waals surface area contributed by atoms with Gasteiger partial charge in [-0.25, -0.2) is 4.57 Å². The second-order valence-electron chi connectivity index (χ2n) is 16.2. The van der Waals surface area contributed by atoms with E-state index in [4.69, 9.17) is 18.5 Å². The van der Waals surface area contributed by atoms with Crippen LogP contribution in [-0.4, -0.2) is 98.9 Å². The lowest BCUT2D eigenvalue weighted by Crippen LogP contribution is -2.64. The number of carbonyl (C=O) groups excluding carboxylic acids is 1. The molecule has 12 nitrogen and oxygen atoms in total. The molecule has 0 heterocycles. The summed E-state index contributed by atoms with van der Waals surface area (Å²) in [4.78, 5) is 23.2. The van der Waals surface area contributed by atoms with Crippen LogP contribution in [0.15, 0.2) is 97.2 Å². The number of phosphoric acid groups is 1. The minimum Gasteiger partial charge on any atom is -0.457 e. The van der Waals surface area contributed by atoms with Crippen LogP contribution in [0.2, 0.25) is 0 Å². The summed E-state index contributed by atoms with van der Waals surface area (Å²) < 4.78 is 34.2. The highest BCUT2D eigenvalue weighted by atomic mass is 31.2. The van der Waals surface area contributed by atoms with E-state index in [2.05, 4.69) is 111 Å². The fourth-order valence-corrected chi connectivity index (χ4v) is 7.66. The monoisotopic (exact) mass is 921 g/mol. The summed E-state index contributed by atoms with van der Waals surface area (Å²) in [5, 5.41) is 50.2. The summed E-state index contributed by atoms with van der Waals surface area (Å²) in [6.45, 7) is 3.94. The van der Waals surface area contributed by atoms with Gasteiger partial charge in [0.1, 0.15) is 42.7 Å². The predicted octanol–water partition coefficient (Wildman–Crippen LogP) is 10.3. The second-order valence-corrected chi connectivity index (χ2v) is 17.6. The van der Waals surface area contributed by atoms with Crippen molar-refractivity contribution in [3.8, 4) is 0 Å². The van der Waals surface area contributed by atoms with Crippen LogP contribution in [0.4, 0.5) is 0 Å². The summed E-state index contributed by atoms with van der Waals surface area (Å²) in [7, 11) is -5.04. The third-order valence-electron chi connectivity index (χ3n) is 10.5. The first-order valence-electron chi connectivity index (χ1n) is 24.1. The predicted molar refractivity (Wildman–Crippen MR) is 257 cm³/mol. The zero-order valence-electron chi connectivity index (χ0n) is 39.0. The first-order valence-corrected chi connectivity index (χ1v) is 25.6. The van der Waals surface area contributed by atoms with Crippen LogP contribution in [-0.2, 0) is 27.9 Å². The molecule has 0 spiro atoms. The smallest absolute Gasteiger partial charge is 0.457 e. The molecule has 6 N–H and O–H groups in total. The number of hydrogen-bond donors (Lipinski definition) is 6. The van der Waals surface area contributed by atoms with Gasteiger partial charge in [-0.15, -0.1) is 0 Å². The SMILES string of the molecule is CC/C=C\C/C=C\C/C=C\C/C=C\CCCCCCCCCCC(=O)OC(COCCCCC/C=C\C/C=C\C/C=C\C/C=C\CC)COP(=O)(O)OC1C(O)C(O)C(O)C(O)C1O. The van der Waals surface area contributed by atoms with Crippen LogP contribution in [0, 0.1) is 0 Å². The fourth-order valence-electron chi connectivity index (χ4n) is 6.69. The highest BCUT2D eigenvalue weighted by molar-refractivity contribution is 7.47. The third kappa shape index (κ3) is 32.0. The minimum absolute atomic E-state index is 0.108. The summed E-state index contributed by atoms with van der Waals surface area (Å²) in [5.41, 5.74) is 0. The number of carbonyl (C=O) groups is 1. The van der Waals surface area contributed by atoms with Gasteiger partial charge in [0.2, 0.25) is 0 Å². The van der Waals surface area contributed by atoms with Crippen molar-refractivity contribution in [3.63, 3.8) is 0 Å². The molecule has 0 aromatic carbocycles. The van der Waals surface area contributed by atoms with Crippen LogP contribution >= 0.6 is 7.82 Å². The molecule has 0 aromatic heterocycles. The Morgan fingerprint density at radius 3 is 1.33 bits per heavy atom. The van der Waals surface area contributed by atoms with Gasteiger partial charge in [-0.2, -0.15) is 0 Å². The maximum atomic E-state index is 12.8. The van der Waals surface area contributed by atoms with Crippen molar-refractivity contribution in [1.29, 1.82) is 0 Å². The quantitative estimate of drug-likeness (QED) is 0.0148. The number of phosphoric ester groups is 1. The van der Waals surface area contributed by atoms with Crippen molar-refractivity contribution in [2.75, 3.05) is 19.8 Å². The Bertz CT molecular complexity index is 1420. The first kappa shape index (κ1) is 59.3. The van der Waals surface area contributed by atoms with E-state index in [1.165, 1.54) is 19.3 Å². The number of unbranched alkanes of at least 4 members (excludes halogenated alkanes) is 11. The molecule has 1 saturated carbocycles. The number of allylic oxidation sites excluding steroid dienone is 16. The number of ether oxygens (including phenoxy) is 2. The van der Waals surface area contributed by atoms with E-state index >= 15 is 0 Å². The van der Waals surface area contributed by atoms with Crippen LogP contribution < -0.4 is 0 Å². The molecule has 1 aliphatic rings. The normalized spacial score (nSPS) is 22.6. The van der Waals surface area contributed by atoms with Crippen molar-refractivity contribution in [2.24, 2.45) is 0 Å². The van der Waals surface area contributed by atoms with Crippen molar-refractivity contribution in [3.05, 3.63) is 97.2 Å². The Kier molecular flexibility index (Phi) is 37.5. The lowest BCUT2D eigenvalue weighted by atomic mass is 9.85. The third-order valence-corrected chi connectivity index (χ3v) is 11.4. The lowest BCUT2D eigenvalue weighted by Gasteiger charge is -2.41. The topological polar surface area (TPSA) is 192 Å². The Balaban J connectivity index is 2.40. The van der Waals surface area contributed by atoms with Gasteiger partial charge in [-0.1, -0.05) is 156 Å². The maximum Gasteiger partial charge on any atom is 0.472 e. The number of hydrogen-bond acceptors (Lipinski definition) is 11.